The third-order valence-electron chi connectivity index (χ3n) is 1.68. The van der Waals surface area contributed by atoms with Gasteiger partial charge in [-0.05, 0) is 17.7 Å². The molecule has 0 heterocycles. The van der Waals surface area contributed by atoms with Crippen LogP contribution in [-0.4, -0.2) is 13.0 Å². The molecule has 0 radical (unpaired) electrons. The molecule has 86 valence electrons. The smallest absolute Gasteiger partial charge is 0.192 e. The van der Waals surface area contributed by atoms with Crippen LogP contribution >= 0.6 is 24.8 Å². The van der Waals surface area contributed by atoms with Crippen LogP contribution in [0.25, 0.3) is 0 Å². The topological polar surface area (TPSA) is 73.9 Å². The van der Waals surface area contributed by atoms with Crippen molar-refractivity contribution in [1.29, 1.82) is 5.41 Å². The molecule has 0 saturated carbocycles. The van der Waals surface area contributed by atoms with E-state index >= 15 is 0 Å². The van der Waals surface area contributed by atoms with E-state index in [-0.39, 0.29) is 30.8 Å². The zero-order valence-electron chi connectivity index (χ0n) is 8.41. The third kappa shape index (κ3) is 5.47. The lowest BCUT2D eigenvalue weighted by Gasteiger charge is -2.07. The van der Waals surface area contributed by atoms with E-state index in [0.29, 0.717) is 6.54 Å². The predicted molar refractivity (Wildman–Crippen MR) is 69.2 cm³/mol. The van der Waals surface area contributed by atoms with E-state index in [2.05, 4.69) is 10.6 Å². The van der Waals surface area contributed by atoms with Crippen LogP contribution in [0.2, 0.25) is 0 Å². The molecule has 1 rings (SSSR count). The largest absolute Gasteiger partial charge is 0.359 e. The van der Waals surface area contributed by atoms with Gasteiger partial charge in [0.05, 0.1) is 0 Å². The Morgan fingerprint density at radius 3 is 2.60 bits per heavy atom. The molecule has 0 aliphatic carbocycles. The molecule has 15 heavy (non-hydrogen) atoms. The Labute approximate surface area is 102 Å². The number of anilines is 1. The Morgan fingerprint density at radius 2 is 2.07 bits per heavy atom. The molecule has 0 saturated heterocycles. The highest BCUT2D eigenvalue weighted by Gasteiger charge is 1.95. The molecule has 0 unspecified atom stereocenters. The van der Waals surface area contributed by atoms with Gasteiger partial charge in [-0.15, -0.1) is 24.8 Å². The monoisotopic (exact) mass is 250 g/mol. The van der Waals surface area contributed by atoms with Crippen LogP contribution < -0.4 is 16.4 Å². The van der Waals surface area contributed by atoms with Crippen molar-refractivity contribution >= 4 is 36.5 Å². The third-order valence-corrected chi connectivity index (χ3v) is 1.68. The first-order valence-corrected chi connectivity index (χ1v) is 4.08. The molecule has 0 fully saturated rings. The molecule has 1 aromatic carbocycles. The second-order valence-electron chi connectivity index (χ2n) is 2.65. The van der Waals surface area contributed by atoms with E-state index in [1.54, 1.807) is 7.05 Å². The number of benzene rings is 1. The summed E-state index contributed by atoms with van der Waals surface area (Å²) in [6, 6.07) is 7.68. The lowest BCUT2D eigenvalue weighted by atomic mass is 10.2. The summed E-state index contributed by atoms with van der Waals surface area (Å²) in [5.41, 5.74) is 7.41. The predicted octanol–water partition coefficient (Wildman–Crippen LogP) is 1.55. The maximum atomic E-state index is 7.35. The standard InChI is InChI=1S/C9H14N4.2ClH/c1-12-9(11)13-8-4-2-3-7(5-8)6-10;;/h2-5H,6,10H2,1H3,(H3,11,12,13);2*1H. The molecule has 4 nitrogen and oxygen atoms in total. The van der Waals surface area contributed by atoms with Crippen molar-refractivity contribution in [2.45, 2.75) is 6.54 Å². The maximum Gasteiger partial charge on any atom is 0.192 e. The average molecular weight is 251 g/mol. The first-order chi connectivity index (χ1) is 6.26. The molecule has 0 aliphatic rings. The van der Waals surface area contributed by atoms with Gasteiger partial charge in [0.1, 0.15) is 0 Å². The van der Waals surface area contributed by atoms with Crippen LogP contribution in [0.4, 0.5) is 5.69 Å². The van der Waals surface area contributed by atoms with Crippen LogP contribution in [-0.2, 0) is 6.54 Å². The average Bonchev–Trinajstić information content (AvgIpc) is 2.18. The number of nitrogens with one attached hydrogen (secondary N) is 3. The Morgan fingerprint density at radius 1 is 1.40 bits per heavy atom. The van der Waals surface area contributed by atoms with Gasteiger partial charge in [0.2, 0.25) is 0 Å². The van der Waals surface area contributed by atoms with Gasteiger partial charge in [-0.3, -0.25) is 5.41 Å². The lowest BCUT2D eigenvalue weighted by Crippen LogP contribution is -2.25. The second-order valence-corrected chi connectivity index (χ2v) is 2.65. The lowest BCUT2D eigenvalue weighted by molar-refractivity contribution is 1.07. The number of guanidine groups is 1. The summed E-state index contributed by atoms with van der Waals surface area (Å²) >= 11 is 0. The number of nitrogens with two attached hydrogens (primary N) is 1. The van der Waals surface area contributed by atoms with Crippen molar-refractivity contribution in [1.82, 2.24) is 5.32 Å². The van der Waals surface area contributed by atoms with E-state index in [1.165, 1.54) is 0 Å². The summed E-state index contributed by atoms with van der Waals surface area (Å²) in [6.07, 6.45) is 0. The molecule has 1 aromatic rings. The molecule has 0 atom stereocenters. The number of rotatable bonds is 2. The van der Waals surface area contributed by atoms with Gasteiger partial charge >= 0.3 is 0 Å². The Kier molecular flexibility index (Phi) is 9.16. The minimum Gasteiger partial charge on any atom is -0.359 e. The van der Waals surface area contributed by atoms with Gasteiger partial charge in [-0.25, -0.2) is 0 Å². The number of hydrogen-bond acceptors (Lipinski definition) is 2. The van der Waals surface area contributed by atoms with E-state index in [9.17, 15) is 0 Å². The Balaban J connectivity index is 0. The maximum absolute atomic E-state index is 7.35. The molecule has 0 bridgehead atoms. The fourth-order valence-corrected chi connectivity index (χ4v) is 0.983. The van der Waals surface area contributed by atoms with E-state index < -0.39 is 0 Å². The summed E-state index contributed by atoms with van der Waals surface area (Å²) < 4.78 is 0. The highest BCUT2D eigenvalue weighted by atomic mass is 35.5. The molecule has 0 spiro atoms. The highest BCUT2D eigenvalue weighted by molar-refractivity contribution is 5.90. The van der Waals surface area contributed by atoms with E-state index in [4.69, 9.17) is 11.1 Å². The molecular formula is C9H16Cl2N4. The summed E-state index contributed by atoms with van der Waals surface area (Å²) in [4.78, 5) is 0. The first kappa shape index (κ1) is 16.5. The summed E-state index contributed by atoms with van der Waals surface area (Å²) in [5, 5.41) is 12.9. The Bertz CT molecular complexity index is 304. The summed E-state index contributed by atoms with van der Waals surface area (Å²) in [5.74, 6) is 0.272. The zero-order valence-corrected chi connectivity index (χ0v) is 10.0. The van der Waals surface area contributed by atoms with Gasteiger partial charge in [-0.1, -0.05) is 12.1 Å². The van der Waals surface area contributed by atoms with Gasteiger partial charge in [0.25, 0.3) is 0 Å². The highest BCUT2D eigenvalue weighted by Crippen LogP contribution is 2.09. The van der Waals surface area contributed by atoms with Gasteiger partial charge in [-0.2, -0.15) is 0 Å². The molecule has 0 aliphatic heterocycles. The van der Waals surface area contributed by atoms with Crippen molar-refractivity contribution in [3.8, 4) is 0 Å². The zero-order chi connectivity index (χ0) is 9.68. The van der Waals surface area contributed by atoms with Crippen molar-refractivity contribution in [2.24, 2.45) is 5.73 Å². The quantitative estimate of drug-likeness (QED) is 0.476. The minimum absolute atomic E-state index is 0. The molecule has 0 amide bonds. The van der Waals surface area contributed by atoms with Crippen LogP contribution in [0, 0.1) is 5.41 Å². The molecule has 5 N–H and O–H groups in total. The fourth-order valence-electron chi connectivity index (χ4n) is 0.983. The van der Waals surface area contributed by atoms with Crippen molar-refractivity contribution < 1.29 is 0 Å². The SMILES string of the molecule is CNC(=N)Nc1cccc(CN)c1.Cl.Cl. The van der Waals surface area contributed by atoms with E-state index in [1.807, 2.05) is 24.3 Å². The van der Waals surface area contributed by atoms with Crippen LogP contribution in [0.1, 0.15) is 5.56 Å². The normalized spacial score (nSPS) is 8.13. The number of hydrogen-bond donors (Lipinski definition) is 4. The minimum atomic E-state index is 0. The van der Waals surface area contributed by atoms with Crippen molar-refractivity contribution in [3.63, 3.8) is 0 Å². The van der Waals surface area contributed by atoms with Gasteiger partial charge in [0, 0.05) is 19.3 Å². The Hall–Kier alpha value is -0.970. The van der Waals surface area contributed by atoms with Gasteiger partial charge in [0.15, 0.2) is 5.96 Å². The van der Waals surface area contributed by atoms with Crippen LogP contribution in [0.3, 0.4) is 0 Å². The second kappa shape index (κ2) is 8.35. The van der Waals surface area contributed by atoms with Crippen LogP contribution in [0.5, 0.6) is 0 Å². The fraction of sp³-hybridized carbons (Fsp3) is 0.222. The summed E-state index contributed by atoms with van der Waals surface area (Å²) in [6.45, 7) is 0.516. The molecule has 0 aromatic heterocycles. The molecular weight excluding hydrogens is 235 g/mol. The molecule has 6 heteroatoms. The van der Waals surface area contributed by atoms with E-state index in [0.717, 1.165) is 11.3 Å². The number of halogens is 2. The van der Waals surface area contributed by atoms with Crippen molar-refractivity contribution in [2.75, 3.05) is 12.4 Å². The summed E-state index contributed by atoms with van der Waals surface area (Å²) in [7, 11) is 1.70. The van der Waals surface area contributed by atoms with Crippen molar-refractivity contribution in [3.05, 3.63) is 29.8 Å². The van der Waals surface area contributed by atoms with Crippen LogP contribution in [0.15, 0.2) is 24.3 Å². The first-order valence-electron chi connectivity index (χ1n) is 4.08. The van der Waals surface area contributed by atoms with Gasteiger partial charge < -0.3 is 16.4 Å².